The van der Waals surface area contributed by atoms with E-state index >= 15 is 0 Å². The van der Waals surface area contributed by atoms with Crippen LogP contribution in [0, 0.1) is 0 Å². The van der Waals surface area contributed by atoms with Crippen LogP contribution in [0.5, 0.6) is 0 Å². The van der Waals surface area contributed by atoms with E-state index in [1.54, 1.807) is 0 Å². The molecule has 6 atom stereocenters. The molecule has 1 aliphatic heterocycles. The summed E-state index contributed by atoms with van der Waals surface area (Å²) in [6.45, 7) is 3.79. The summed E-state index contributed by atoms with van der Waals surface area (Å²) in [5.41, 5.74) is 0. The molecule has 4 N–H and O–H groups in total. The molecule has 0 radical (unpaired) electrons. The molecule has 0 bridgehead atoms. The van der Waals surface area contributed by atoms with Crippen molar-refractivity contribution in [2.75, 3.05) is 19.0 Å². The zero-order valence-corrected chi connectivity index (χ0v) is 45.5. The van der Waals surface area contributed by atoms with Gasteiger partial charge in [0.25, 0.3) is 10.1 Å². The second-order valence-electron chi connectivity index (χ2n) is 20.3. The van der Waals surface area contributed by atoms with Crippen molar-refractivity contribution in [3.8, 4) is 0 Å². The SMILES string of the molecule is CCCCCCCCCCCCCCCC/C=C/CC/C=C/CCCC(=O)O[C@H](COC(=O)CCCCCCCCCCCCCCCCCCCCC)CO[C@H]1O[C@H](CS(=O)(=O)O)[C@@H](O)C(O)C1O. The molecule has 1 saturated heterocycles. The summed E-state index contributed by atoms with van der Waals surface area (Å²) >= 11 is 0. The molecule has 2 unspecified atom stereocenters. The molecule has 1 rings (SSSR count). The van der Waals surface area contributed by atoms with Crippen molar-refractivity contribution in [2.24, 2.45) is 0 Å². The van der Waals surface area contributed by atoms with Crippen LogP contribution in [-0.4, -0.2) is 96.0 Å². The first-order valence-corrected chi connectivity index (χ1v) is 30.5. The summed E-state index contributed by atoms with van der Waals surface area (Å²) in [6.07, 6.45) is 46.6. The van der Waals surface area contributed by atoms with Gasteiger partial charge in [-0.3, -0.25) is 14.1 Å². The maximum Gasteiger partial charge on any atom is 0.306 e. The van der Waals surface area contributed by atoms with Gasteiger partial charge in [-0.2, -0.15) is 8.42 Å². The lowest BCUT2D eigenvalue weighted by Crippen LogP contribution is -2.60. The van der Waals surface area contributed by atoms with Gasteiger partial charge in [0.2, 0.25) is 0 Å². The minimum Gasteiger partial charge on any atom is -0.462 e. The molecule has 0 amide bonds. The highest BCUT2D eigenvalue weighted by Crippen LogP contribution is 2.24. The fourth-order valence-corrected chi connectivity index (χ4v) is 9.74. The Morgan fingerprint density at radius 2 is 0.843 bits per heavy atom. The Labute approximate surface area is 428 Å². The smallest absolute Gasteiger partial charge is 0.306 e. The molecule has 0 spiro atoms. The van der Waals surface area contributed by atoms with Crippen molar-refractivity contribution in [3.63, 3.8) is 0 Å². The fraction of sp³-hybridized carbons (Fsp3) is 0.895. The van der Waals surface area contributed by atoms with Crippen LogP contribution in [0.25, 0.3) is 0 Å². The summed E-state index contributed by atoms with van der Waals surface area (Å²) in [7, 11) is -4.61. The molecule has 0 aromatic rings. The number of hydrogen-bond acceptors (Lipinski definition) is 11. The highest BCUT2D eigenvalue weighted by molar-refractivity contribution is 7.85. The Balaban J connectivity index is 2.33. The highest BCUT2D eigenvalue weighted by Gasteiger charge is 2.46. The van der Waals surface area contributed by atoms with Gasteiger partial charge in [-0.15, -0.1) is 0 Å². The van der Waals surface area contributed by atoms with Crippen LogP contribution in [0.4, 0.5) is 0 Å². The van der Waals surface area contributed by atoms with Gasteiger partial charge >= 0.3 is 11.9 Å². The zero-order valence-electron chi connectivity index (χ0n) is 44.6. The van der Waals surface area contributed by atoms with Gasteiger partial charge in [0, 0.05) is 12.8 Å². The van der Waals surface area contributed by atoms with Crippen molar-refractivity contribution in [2.45, 2.75) is 307 Å². The molecule has 13 heteroatoms. The molecule has 1 aliphatic rings. The minimum absolute atomic E-state index is 0.108. The van der Waals surface area contributed by atoms with E-state index in [-0.39, 0.29) is 19.4 Å². The number of carbonyl (C=O) groups excluding carboxylic acids is 2. The lowest BCUT2D eigenvalue weighted by atomic mass is 10.00. The first-order chi connectivity index (χ1) is 34.0. The average molecular weight is 1020 g/mol. The quantitative estimate of drug-likeness (QED) is 0.0196. The molecule has 0 saturated carbocycles. The number of esters is 2. The molecule has 0 aromatic heterocycles. The van der Waals surface area contributed by atoms with Crippen LogP contribution >= 0.6 is 0 Å². The molecular formula is C57H106O12S. The van der Waals surface area contributed by atoms with Crippen LogP contribution in [-0.2, 0) is 38.7 Å². The van der Waals surface area contributed by atoms with E-state index in [2.05, 4.69) is 38.2 Å². The van der Waals surface area contributed by atoms with Crippen molar-refractivity contribution in [3.05, 3.63) is 24.3 Å². The van der Waals surface area contributed by atoms with Gasteiger partial charge in [-0.1, -0.05) is 237 Å². The molecule has 0 aliphatic carbocycles. The van der Waals surface area contributed by atoms with Crippen LogP contribution < -0.4 is 0 Å². The number of unbranched alkanes of at least 4 members (excludes halogenated alkanes) is 34. The molecule has 412 valence electrons. The van der Waals surface area contributed by atoms with Crippen molar-refractivity contribution in [1.82, 2.24) is 0 Å². The Morgan fingerprint density at radius 3 is 1.27 bits per heavy atom. The maximum atomic E-state index is 12.9. The number of aliphatic hydroxyl groups is 3. The third-order valence-electron chi connectivity index (χ3n) is 13.5. The average Bonchev–Trinajstić information content (AvgIpc) is 3.33. The number of ether oxygens (including phenoxy) is 4. The minimum atomic E-state index is -4.61. The Bertz CT molecular complexity index is 1370. The monoisotopic (exact) mass is 1010 g/mol. The first-order valence-electron chi connectivity index (χ1n) is 28.9. The Kier molecular flexibility index (Phi) is 44.3. The molecule has 1 heterocycles. The summed E-state index contributed by atoms with van der Waals surface area (Å²) in [6, 6.07) is 0. The Morgan fingerprint density at radius 1 is 0.471 bits per heavy atom. The van der Waals surface area contributed by atoms with Crippen LogP contribution in [0.2, 0.25) is 0 Å². The first kappa shape index (κ1) is 66.1. The topological polar surface area (TPSA) is 186 Å². The molecule has 1 fully saturated rings. The lowest BCUT2D eigenvalue weighted by Gasteiger charge is -2.40. The lowest BCUT2D eigenvalue weighted by molar-refractivity contribution is -0.297. The third-order valence-corrected chi connectivity index (χ3v) is 14.3. The van der Waals surface area contributed by atoms with Gasteiger partial charge in [0.05, 0.1) is 6.61 Å². The van der Waals surface area contributed by atoms with Gasteiger partial charge in [-0.25, -0.2) is 0 Å². The normalized spacial score (nSPS) is 19.1. The van der Waals surface area contributed by atoms with Crippen molar-refractivity contribution >= 4 is 22.1 Å². The van der Waals surface area contributed by atoms with Crippen molar-refractivity contribution < 1.29 is 56.8 Å². The number of aliphatic hydroxyl groups excluding tert-OH is 3. The van der Waals surface area contributed by atoms with E-state index in [0.29, 0.717) is 19.3 Å². The predicted molar refractivity (Wildman–Crippen MR) is 284 cm³/mol. The van der Waals surface area contributed by atoms with E-state index in [1.807, 2.05) is 0 Å². The zero-order chi connectivity index (χ0) is 51.2. The molecular weight excluding hydrogens is 909 g/mol. The summed E-state index contributed by atoms with van der Waals surface area (Å²) < 4.78 is 54.3. The third kappa shape index (κ3) is 40.6. The van der Waals surface area contributed by atoms with E-state index in [0.717, 1.165) is 38.5 Å². The highest BCUT2D eigenvalue weighted by atomic mass is 32.2. The second kappa shape index (κ2) is 46.9. The van der Waals surface area contributed by atoms with Gasteiger partial charge < -0.3 is 34.3 Å². The number of rotatable bonds is 50. The standard InChI is InChI=1S/C57H106O12S/c1-3-5-7-9-11-13-15-17-19-21-23-24-25-26-28-30-32-34-36-38-40-42-44-46-53(59)68-50(48-67-57-56(62)55(61)54(60)51(69-57)49-70(63,64)65)47-66-52(58)45-43-41-39-37-35-33-31-29-27-22-20-18-16-14-12-10-8-6-4-2/h30,32,38,40,50-51,54-57,60-62H,3-29,31,33-37,39,41-49H2,1-2H3,(H,63,64,65)/b32-30+,40-38+/t50-,51-,54-,55?,56?,57+/m1/s1. The van der Waals surface area contributed by atoms with E-state index < -0.39 is 71.2 Å². The van der Waals surface area contributed by atoms with E-state index in [4.69, 9.17) is 18.9 Å². The Hall–Kier alpha value is -1.87. The van der Waals surface area contributed by atoms with Crippen LogP contribution in [0.15, 0.2) is 24.3 Å². The fourth-order valence-electron chi connectivity index (χ4n) is 9.05. The van der Waals surface area contributed by atoms with Gasteiger partial charge in [0.15, 0.2) is 12.4 Å². The molecule has 70 heavy (non-hydrogen) atoms. The summed E-state index contributed by atoms with van der Waals surface area (Å²) in [5.74, 6) is -2.02. The maximum absolute atomic E-state index is 12.9. The number of allylic oxidation sites excluding steroid dienone is 4. The summed E-state index contributed by atoms with van der Waals surface area (Å²) in [4.78, 5) is 25.6. The van der Waals surface area contributed by atoms with E-state index in [9.17, 15) is 37.9 Å². The molecule has 0 aromatic carbocycles. The number of hydrogen-bond donors (Lipinski definition) is 4. The van der Waals surface area contributed by atoms with Crippen LogP contribution in [0.3, 0.4) is 0 Å². The molecule has 12 nitrogen and oxygen atoms in total. The summed E-state index contributed by atoms with van der Waals surface area (Å²) in [5, 5.41) is 31.0. The van der Waals surface area contributed by atoms with Crippen LogP contribution in [0.1, 0.15) is 271 Å². The van der Waals surface area contributed by atoms with E-state index in [1.165, 1.54) is 186 Å². The van der Waals surface area contributed by atoms with Gasteiger partial charge in [-0.05, 0) is 44.9 Å². The largest absolute Gasteiger partial charge is 0.462 e. The number of carbonyl (C=O) groups is 2. The second-order valence-corrected chi connectivity index (χ2v) is 21.8. The van der Waals surface area contributed by atoms with Gasteiger partial charge in [0.1, 0.15) is 36.8 Å². The van der Waals surface area contributed by atoms with Crippen molar-refractivity contribution in [1.29, 1.82) is 0 Å². The predicted octanol–water partition coefficient (Wildman–Crippen LogP) is 13.9.